The molecule has 0 spiro atoms. The molecule has 0 atom stereocenters. The molecule has 1 heterocycles. The number of hydrogen-bond acceptors (Lipinski definition) is 2. The maximum atomic E-state index is 5.73. The predicted octanol–water partition coefficient (Wildman–Crippen LogP) is 3.94. The molecule has 0 unspecified atom stereocenters. The molecule has 0 aromatic carbocycles. The molecule has 0 fully saturated rings. The van der Waals surface area contributed by atoms with E-state index in [2.05, 4.69) is 52.6 Å². The first-order valence-corrected chi connectivity index (χ1v) is 5.89. The van der Waals surface area contributed by atoms with E-state index in [1.165, 1.54) is 5.56 Å². The Bertz CT molecular complexity index is 350. The van der Waals surface area contributed by atoms with Crippen molar-refractivity contribution in [3.05, 3.63) is 23.4 Å². The van der Waals surface area contributed by atoms with E-state index in [0.717, 1.165) is 11.6 Å². The second kappa shape index (κ2) is 4.86. The quantitative estimate of drug-likeness (QED) is 0.771. The van der Waals surface area contributed by atoms with Crippen LogP contribution in [0.2, 0.25) is 0 Å². The van der Waals surface area contributed by atoms with E-state index in [1.54, 1.807) is 0 Å². The Morgan fingerprint density at radius 1 is 1.25 bits per heavy atom. The van der Waals surface area contributed by atoms with Gasteiger partial charge in [-0.25, -0.2) is 4.98 Å². The van der Waals surface area contributed by atoms with Crippen molar-refractivity contribution in [2.24, 2.45) is 5.41 Å². The highest BCUT2D eigenvalue weighted by molar-refractivity contribution is 5.25. The normalized spacial score (nSPS) is 11.9. The van der Waals surface area contributed by atoms with Crippen LogP contribution in [0.15, 0.2) is 12.1 Å². The number of aryl methyl sites for hydroxylation is 1. The van der Waals surface area contributed by atoms with Gasteiger partial charge >= 0.3 is 0 Å². The molecule has 2 nitrogen and oxygen atoms in total. The number of nitrogens with zero attached hydrogens (tertiary/aromatic N) is 1. The fraction of sp³-hybridized carbons (Fsp3) is 0.643. The van der Waals surface area contributed by atoms with Gasteiger partial charge in [0.2, 0.25) is 5.88 Å². The Hall–Kier alpha value is -1.05. The van der Waals surface area contributed by atoms with Crippen LogP contribution in [0.1, 0.15) is 51.8 Å². The van der Waals surface area contributed by atoms with Crippen molar-refractivity contribution >= 4 is 0 Å². The lowest BCUT2D eigenvalue weighted by molar-refractivity contribution is 0.191. The van der Waals surface area contributed by atoms with Crippen molar-refractivity contribution in [1.82, 2.24) is 4.98 Å². The van der Waals surface area contributed by atoms with E-state index in [0.29, 0.717) is 12.5 Å². The topological polar surface area (TPSA) is 22.1 Å². The summed E-state index contributed by atoms with van der Waals surface area (Å²) in [6.45, 7) is 13.5. The molecule has 1 aromatic rings. The second-order valence-electron chi connectivity index (χ2n) is 5.91. The molecule has 0 N–H and O–H groups in total. The van der Waals surface area contributed by atoms with Crippen LogP contribution in [0, 0.1) is 12.3 Å². The second-order valence-corrected chi connectivity index (χ2v) is 5.91. The molecular formula is C14H23NO. The van der Waals surface area contributed by atoms with Crippen LogP contribution in [0.5, 0.6) is 5.88 Å². The van der Waals surface area contributed by atoms with Gasteiger partial charge in [-0.05, 0) is 29.9 Å². The van der Waals surface area contributed by atoms with Crippen LogP contribution < -0.4 is 4.74 Å². The first kappa shape index (κ1) is 13.0. The van der Waals surface area contributed by atoms with E-state index in [-0.39, 0.29) is 5.41 Å². The third-order valence-corrected chi connectivity index (χ3v) is 2.21. The summed E-state index contributed by atoms with van der Waals surface area (Å²) in [4.78, 5) is 4.51. The molecule has 1 rings (SSSR count). The van der Waals surface area contributed by atoms with E-state index >= 15 is 0 Å². The zero-order valence-electron chi connectivity index (χ0n) is 11.3. The molecule has 0 aliphatic heterocycles. The molecule has 0 amide bonds. The molecule has 0 saturated heterocycles. The van der Waals surface area contributed by atoms with Crippen molar-refractivity contribution in [3.63, 3.8) is 0 Å². The highest BCUT2D eigenvalue weighted by atomic mass is 16.5. The average molecular weight is 221 g/mol. The molecule has 16 heavy (non-hydrogen) atoms. The van der Waals surface area contributed by atoms with E-state index in [9.17, 15) is 0 Å². The van der Waals surface area contributed by atoms with Gasteiger partial charge in [-0.1, -0.05) is 34.6 Å². The zero-order valence-corrected chi connectivity index (χ0v) is 11.3. The van der Waals surface area contributed by atoms with Crippen LogP contribution in [0.4, 0.5) is 0 Å². The summed E-state index contributed by atoms with van der Waals surface area (Å²) in [6, 6.07) is 4.12. The Morgan fingerprint density at radius 3 is 2.38 bits per heavy atom. The fourth-order valence-electron chi connectivity index (χ4n) is 1.32. The highest BCUT2D eigenvalue weighted by Crippen LogP contribution is 2.20. The van der Waals surface area contributed by atoms with Crippen LogP contribution in [0.3, 0.4) is 0 Å². The summed E-state index contributed by atoms with van der Waals surface area (Å²) in [5.74, 6) is 1.19. The van der Waals surface area contributed by atoms with Gasteiger partial charge < -0.3 is 4.74 Å². The van der Waals surface area contributed by atoms with Gasteiger partial charge in [0.25, 0.3) is 0 Å². The maximum absolute atomic E-state index is 5.73. The third-order valence-electron chi connectivity index (χ3n) is 2.21. The van der Waals surface area contributed by atoms with Crippen molar-refractivity contribution < 1.29 is 4.74 Å². The first-order valence-electron chi connectivity index (χ1n) is 5.89. The SMILES string of the molecule is Cc1cc(OCC(C)(C)C)nc(C(C)C)c1. The minimum atomic E-state index is 0.170. The minimum Gasteiger partial charge on any atom is -0.477 e. The van der Waals surface area contributed by atoms with Crippen molar-refractivity contribution in [2.45, 2.75) is 47.5 Å². The molecule has 0 aliphatic carbocycles. The molecule has 2 heteroatoms. The Labute approximate surface area is 99.0 Å². The van der Waals surface area contributed by atoms with Crippen molar-refractivity contribution in [1.29, 1.82) is 0 Å². The van der Waals surface area contributed by atoms with Gasteiger partial charge in [-0.2, -0.15) is 0 Å². The number of pyridine rings is 1. The summed E-state index contributed by atoms with van der Waals surface area (Å²) in [6.07, 6.45) is 0. The lowest BCUT2D eigenvalue weighted by Gasteiger charge is -2.19. The fourth-order valence-corrected chi connectivity index (χ4v) is 1.32. The number of hydrogen-bond donors (Lipinski definition) is 0. The van der Waals surface area contributed by atoms with Crippen molar-refractivity contribution in [3.8, 4) is 5.88 Å². The third kappa shape index (κ3) is 4.21. The number of ether oxygens (including phenoxy) is 1. The van der Waals surface area contributed by atoms with Gasteiger partial charge in [-0.3, -0.25) is 0 Å². The molecule has 1 aromatic heterocycles. The highest BCUT2D eigenvalue weighted by Gasteiger charge is 2.12. The van der Waals surface area contributed by atoms with E-state index < -0.39 is 0 Å². The molecule has 0 bridgehead atoms. The first-order chi connectivity index (χ1) is 7.28. The lowest BCUT2D eigenvalue weighted by Crippen LogP contribution is -2.17. The summed E-state index contributed by atoms with van der Waals surface area (Å²) in [5, 5.41) is 0. The lowest BCUT2D eigenvalue weighted by atomic mass is 9.99. The summed E-state index contributed by atoms with van der Waals surface area (Å²) < 4.78 is 5.73. The molecule has 90 valence electrons. The van der Waals surface area contributed by atoms with Gasteiger partial charge in [0, 0.05) is 11.8 Å². The Kier molecular flexibility index (Phi) is 3.95. The maximum Gasteiger partial charge on any atom is 0.213 e. The summed E-state index contributed by atoms with van der Waals surface area (Å²) in [7, 11) is 0. The molecule has 0 aliphatic rings. The van der Waals surface area contributed by atoms with Gasteiger partial charge in [0.1, 0.15) is 0 Å². The van der Waals surface area contributed by atoms with E-state index in [1.807, 2.05) is 6.07 Å². The van der Waals surface area contributed by atoms with E-state index in [4.69, 9.17) is 4.74 Å². The minimum absolute atomic E-state index is 0.170. The average Bonchev–Trinajstić information content (AvgIpc) is 2.13. The zero-order chi connectivity index (χ0) is 12.3. The van der Waals surface area contributed by atoms with Crippen LogP contribution in [-0.4, -0.2) is 11.6 Å². The number of aromatic nitrogens is 1. The van der Waals surface area contributed by atoms with Gasteiger partial charge in [0.15, 0.2) is 0 Å². The predicted molar refractivity (Wildman–Crippen MR) is 68.0 cm³/mol. The monoisotopic (exact) mass is 221 g/mol. The standard InChI is InChI=1S/C14H23NO/c1-10(2)12-7-11(3)8-13(15-12)16-9-14(4,5)6/h7-8,10H,9H2,1-6H3. The molecular weight excluding hydrogens is 198 g/mol. The number of rotatable bonds is 3. The molecule has 0 saturated carbocycles. The summed E-state index contributed by atoms with van der Waals surface area (Å²) in [5.41, 5.74) is 2.48. The smallest absolute Gasteiger partial charge is 0.213 e. The molecule has 0 radical (unpaired) electrons. The van der Waals surface area contributed by atoms with Crippen LogP contribution in [0.25, 0.3) is 0 Å². The van der Waals surface area contributed by atoms with Crippen LogP contribution >= 0.6 is 0 Å². The van der Waals surface area contributed by atoms with Crippen molar-refractivity contribution in [2.75, 3.05) is 6.61 Å². The Morgan fingerprint density at radius 2 is 1.88 bits per heavy atom. The summed E-state index contributed by atoms with van der Waals surface area (Å²) >= 11 is 0. The Balaban J connectivity index is 2.81. The van der Waals surface area contributed by atoms with Crippen LogP contribution in [-0.2, 0) is 0 Å². The van der Waals surface area contributed by atoms with Gasteiger partial charge in [-0.15, -0.1) is 0 Å². The largest absolute Gasteiger partial charge is 0.477 e. The van der Waals surface area contributed by atoms with Gasteiger partial charge in [0.05, 0.1) is 6.61 Å².